The minimum Gasteiger partial charge on any atom is -0.508 e. The van der Waals surface area contributed by atoms with Gasteiger partial charge in [-0.3, -0.25) is 0 Å². The van der Waals surface area contributed by atoms with Gasteiger partial charge >= 0.3 is 5.97 Å². The van der Waals surface area contributed by atoms with Gasteiger partial charge in [0.1, 0.15) is 5.75 Å². The molecule has 0 aliphatic heterocycles. The first-order valence-electron chi connectivity index (χ1n) is 4.28. The maximum absolute atomic E-state index is 11.1. The zero-order valence-electron chi connectivity index (χ0n) is 7.80. The van der Waals surface area contributed by atoms with E-state index in [9.17, 15) is 9.90 Å². The minimum absolute atomic E-state index is 0.0878. The van der Waals surface area contributed by atoms with Crippen LogP contribution < -0.4 is 0 Å². The van der Waals surface area contributed by atoms with E-state index in [1.807, 2.05) is 0 Å². The minimum atomic E-state index is -1.28. The molecule has 0 spiro atoms. The number of phenolic OH excluding ortho intramolecular Hbond substituents is 1. The molecule has 0 aliphatic carbocycles. The molecule has 1 aromatic carbocycles. The molecule has 0 radical (unpaired) electrons. The van der Waals surface area contributed by atoms with Crippen LogP contribution in [0, 0.1) is 0 Å². The fourth-order valence-corrected chi connectivity index (χ4v) is 1.01. The first-order chi connectivity index (χ1) is 6.65. The summed E-state index contributed by atoms with van der Waals surface area (Å²) >= 11 is 0. The van der Waals surface area contributed by atoms with Crippen molar-refractivity contribution in [2.24, 2.45) is 0 Å². The summed E-state index contributed by atoms with van der Waals surface area (Å²) in [6, 6.07) is 5.74. The van der Waals surface area contributed by atoms with Crippen molar-refractivity contribution in [1.29, 1.82) is 0 Å². The molecule has 4 heteroatoms. The van der Waals surface area contributed by atoms with Crippen LogP contribution in [0.3, 0.4) is 0 Å². The highest BCUT2D eigenvalue weighted by molar-refractivity contribution is 5.76. The molecule has 1 rings (SSSR count). The van der Waals surface area contributed by atoms with Gasteiger partial charge in [-0.25, -0.2) is 4.79 Å². The first-order valence-corrected chi connectivity index (χ1v) is 4.28. The van der Waals surface area contributed by atoms with Crippen molar-refractivity contribution in [2.45, 2.75) is 13.0 Å². The Morgan fingerprint density at radius 1 is 1.43 bits per heavy atom. The quantitative estimate of drug-likeness (QED) is 0.707. The van der Waals surface area contributed by atoms with Crippen LogP contribution >= 0.6 is 0 Å². The lowest BCUT2D eigenvalue weighted by Crippen LogP contribution is -2.15. The predicted octanol–water partition coefficient (Wildman–Crippen LogP) is 0.989. The number of carbonyl (C=O) groups excluding carboxylic acids is 1. The van der Waals surface area contributed by atoms with Crippen LogP contribution in [0.2, 0.25) is 0 Å². The summed E-state index contributed by atoms with van der Waals surface area (Å²) in [6.45, 7) is 1.90. The number of phenols is 1. The number of aromatic hydroxyl groups is 1. The van der Waals surface area contributed by atoms with Crippen LogP contribution in [0.1, 0.15) is 18.6 Å². The van der Waals surface area contributed by atoms with E-state index < -0.39 is 12.1 Å². The Labute approximate surface area is 81.8 Å². The van der Waals surface area contributed by atoms with E-state index in [1.165, 1.54) is 24.3 Å². The number of carbonyl (C=O) groups is 1. The Bertz CT molecular complexity index is 304. The van der Waals surface area contributed by atoms with Crippen LogP contribution in [0.4, 0.5) is 0 Å². The number of hydrogen-bond donors (Lipinski definition) is 2. The maximum Gasteiger partial charge on any atom is 0.339 e. The Morgan fingerprint density at radius 2 is 2.00 bits per heavy atom. The van der Waals surface area contributed by atoms with Gasteiger partial charge in [0.2, 0.25) is 0 Å². The van der Waals surface area contributed by atoms with Crippen molar-refractivity contribution in [2.75, 3.05) is 6.61 Å². The lowest BCUT2D eigenvalue weighted by Gasteiger charge is -2.09. The Morgan fingerprint density at radius 3 is 2.50 bits per heavy atom. The number of rotatable bonds is 3. The van der Waals surface area contributed by atoms with E-state index >= 15 is 0 Å². The molecule has 0 bridgehead atoms. The van der Waals surface area contributed by atoms with Crippen molar-refractivity contribution >= 4 is 5.97 Å². The fraction of sp³-hybridized carbons (Fsp3) is 0.300. The van der Waals surface area contributed by atoms with Crippen molar-refractivity contribution < 1.29 is 19.7 Å². The van der Waals surface area contributed by atoms with Gasteiger partial charge in [-0.05, 0) is 24.6 Å². The number of esters is 1. The van der Waals surface area contributed by atoms with Crippen LogP contribution in [-0.2, 0) is 9.53 Å². The molecule has 0 aromatic heterocycles. The molecule has 14 heavy (non-hydrogen) atoms. The van der Waals surface area contributed by atoms with Gasteiger partial charge in [0.05, 0.1) is 6.61 Å². The molecular weight excluding hydrogens is 184 g/mol. The number of aliphatic hydroxyl groups is 1. The Kier molecular flexibility index (Phi) is 3.48. The number of hydrogen-bond acceptors (Lipinski definition) is 4. The highest BCUT2D eigenvalue weighted by Crippen LogP contribution is 2.17. The van der Waals surface area contributed by atoms with E-state index in [4.69, 9.17) is 5.11 Å². The molecule has 0 aliphatic rings. The maximum atomic E-state index is 11.1. The van der Waals surface area contributed by atoms with Crippen LogP contribution in [0.5, 0.6) is 5.75 Å². The van der Waals surface area contributed by atoms with Crippen LogP contribution in [0.25, 0.3) is 0 Å². The zero-order chi connectivity index (χ0) is 10.6. The summed E-state index contributed by atoms with van der Waals surface area (Å²) in [5, 5.41) is 18.4. The Hall–Kier alpha value is -1.55. The molecule has 0 heterocycles. The monoisotopic (exact) mass is 196 g/mol. The summed E-state index contributed by atoms with van der Waals surface area (Å²) in [5.74, 6) is -0.594. The largest absolute Gasteiger partial charge is 0.508 e. The molecule has 0 fully saturated rings. The molecule has 1 aromatic rings. The number of benzene rings is 1. The molecule has 0 amide bonds. The lowest BCUT2D eigenvalue weighted by atomic mass is 10.1. The van der Waals surface area contributed by atoms with Gasteiger partial charge in [0.25, 0.3) is 0 Å². The average Bonchev–Trinajstić information content (AvgIpc) is 2.18. The van der Waals surface area contributed by atoms with Crippen molar-refractivity contribution in [3.63, 3.8) is 0 Å². The van der Waals surface area contributed by atoms with Crippen molar-refractivity contribution in [1.82, 2.24) is 0 Å². The highest BCUT2D eigenvalue weighted by Gasteiger charge is 2.17. The summed E-state index contributed by atoms with van der Waals surface area (Å²) in [6.07, 6.45) is -1.28. The molecule has 0 saturated carbocycles. The second-order valence-corrected chi connectivity index (χ2v) is 2.75. The smallest absolute Gasteiger partial charge is 0.339 e. The topological polar surface area (TPSA) is 66.8 Å². The third-order valence-corrected chi connectivity index (χ3v) is 1.72. The van der Waals surface area contributed by atoms with E-state index in [1.54, 1.807) is 6.92 Å². The highest BCUT2D eigenvalue weighted by atomic mass is 16.5. The lowest BCUT2D eigenvalue weighted by molar-refractivity contribution is -0.153. The van der Waals surface area contributed by atoms with Crippen LogP contribution in [-0.4, -0.2) is 22.8 Å². The molecular formula is C10H12O4. The van der Waals surface area contributed by atoms with Gasteiger partial charge in [0, 0.05) is 0 Å². The van der Waals surface area contributed by atoms with Crippen LogP contribution in [0.15, 0.2) is 24.3 Å². The SMILES string of the molecule is CCOC(=O)[C@@H](O)c1ccc(O)cc1. The van der Waals surface area contributed by atoms with E-state index in [-0.39, 0.29) is 12.4 Å². The van der Waals surface area contributed by atoms with Gasteiger partial charge in [-0.15, -0.1) is 0 Å². The standard InChI is InChI=1S/C10H12O4/c1-2-14-10(13)9(12)7-3-5-8(11)6-4-7/h3-6,9,11-12H,2H2,1H3/t9-/m0/s1. The second kappa shape index (κ2) is 4.62. The number of ether oxygens (including phenoxy) is 1. The molecule has 4 nitrogen and oxygen atoms in total. The van der Waals surface area contributed by atoms with Crippen molar-refractivity contribution in [3.8, 4) is 5.75 Å². The first kappa shape index (κ1) is 10.5. The van der Waals surface area contributed by atoms with Crippen molar-refractivity contribution in [3.05, 3.63) is 29.8 Å². The van der Waals surface area contributed by atoms with Gasteiger partial charge in [-0.2, -0.15) is 0 Å². The third kappa shape index (κ3) is 2.47. The summed E-state index contributed by atoms with van der Waals surface area (Å²) < 4.78 is 4.64. The summed E-state index contributed by atoms with van der Waals surface area (Å²) in [5.41, 5.74) is 0.404. The Balaban J connectivity index is 2.73. The molecule has 76 valence electrons. The predicted molar refractivity (Wildman–Crippen MR) is 49.7 cm³/mol. The summed E-state index contributed by atoms with van der Waals surface area (Å²) in [7, 11) is 0. The molecule has 0 saturated heterocycles. The zero-order valence-corrected chi connectivity index (χ0v) is 7.80. The van der Waals surface area contributed by atoms with E-state index in [2.05, 4.69) is 4.74 Å². The van der Waals surface area contributed by atoms with Gasteiger partial charge < -0.3 is 14.9 Å². The van der Waals surface area contributed by atoms with Gasteiger partial charge in [0.15, 0.2) is 6.10 Å². The fourth-order valence-electron chi connectivity index (χ4n) is 1.01. The third-order valence-electron chi connectivity index (χ3n) is 1.72. The normalized spacial score (nSPS) is 12.1. The van der Waals surface area contributed by atoms with E-state index in [0.717, 1.165) is 0 Å². The molecule has 2 N–H and O–H groups in total. The van der Waals surface area contributed by atoms with Gasteiger partial charge in [-0.1, -0.05) is 12.1 Å². The summed E-state index contributed by atoms with van der Waals surface area (Å²) in [4.78, 5) is 11.1. The second-order valence-electron chi connectivity index (χ2n) is 2.75. The molecule has 1 atom stereocenters. The average molecular weight is 196 g/mol. The van der Waals surface area contributed by atoms with E-state index in [0.29, 0.717) is 5.56 Å². The number of aliphatic hydroxyl groups excluding tert-OH is 1. The molecule has 0 unspecified atom stereocenters.